The van der Waals surface area contributed by atoms with Crippen LogP contribution in [0.2, 0.25) is 0 Å². The number of sulfone groups is 1. The Balaban J connectivity index is 2.86. The zero-order valence-electron chi connectivity index (χ0n) is 9.08. The monoisotopic (exact) mass is 235 g/mol. The molecule has 0 aliphatic carbocycles. The van der Waals surface area contributed by atoms with E-state index in [2.05, 4.69) is 5.32 Å². The van der Waals surface area contributed by atoms with Gasteiger partial charge < -0.3 is 10.1 Å². The van der Waals surface area contributed by atoms with Crippen molar-refractivity contribution in [3.05, 3.63) is 0 Å². The molecular formula is C9H17NO4S. The van der Waals surface area contributed by atoms with E-state index in [0.29, 0.717) is 13.0 Å². The van der Waals surface area contributed by atoms with Gasteiger partial charge in [0.2, 0.25) is 0 Å². The van der Waals surface area contributed by atoms with E-state index in [0.717, 1.165) is 0 Å². The first kappa shape index (κ1) is 12.4. The molecule has 1 saturated heterocycles. The molecule has 0 aromatic heterocycles. The molecule has 1 rings (SSSR count). The van der Waals surface area contributed by atoms with Crippen molar-refractivity contribution < 1.29 is 17.9 Å². The number of likely N-dealkylation sites (N-methyl/N-ethyl adjacent to an activating group) is 1. The normalized spacial score (nSPS) is 28.9. The molecule has 0 saturated carbocycles. The van der Waals surface area contributed by atoms with Crippen LogP contribution in [0.1, 0.15) is 20.3 Å². The average Bonchev–Trinajstić information content (AvgIpc) is 2.44. The predicted molar refractivity (Wildman–Crippen MR) is 56.3 cm³/mol. The van der Waals surface area contributed by atoms with Crippen LogP contribution in [-0.4, -0.2) is 44.6 Å². The zero-order chi connectivity index (χ0) is 11.5. The van der Waals surface area contributed by atoms with Crippen molar-refractivity contribution in [1.29, 1.82) is 0 Å². The van der Waals surface area contributed by atoms with E-state index in [1.807, 2.05) is 6.92 Å². The second kappa shape index (κ2) is 4.49. The summed E-state index contributed by atoms with van der Waals surface area (Å²) in [6.45, 7) is 4.37. The molecule has 88 valence electrons. The van der Waals surface area contributed by atoms with E-state index < -0.39 is 21.3 Å². The summed E-state index contributed by atoms with van der Waals surface area (Å²) in [6, 6.07) is 0. The number of hydrogen-bond acceptors (Lipinski definition) is 5. The van der Waals surface area contributed by atoms with Crippen LogP contribution >= 0.6 is 0 Å². The first-order chi connectivity index (χ1) is 6.96. The first-order valence-electron chi connectivity index (χ1n) is 5.08. The highest BCUT2D eigenvalue weighted by Gasteiger charge is 2.48. The molecule has 1 aliphatic rings. The highest BCUT2D eigenvalue weighted by Crippen LogP contribution is 2.24. The van der Waals surface area contributed by atoms with Crippen LogP contribution in [-0.2, 0) is 19.4 Å². The lowest BCUT2D eigenvalue weighted by molar-refractivity contribution is -0.150. The molecule has 15 heavy (non-hydrogen) atoms. The van der Waals surface area contributed by atoms with Crippen molar-refractivity contribution in [2.75, 3.05) is 24.7 Å². The van der Waals surface area contributed by atoms with E-state index in [4.69, 9.17) is 4.74 Å². The second-order valence-corrected chi connectivity index (χ2v) is 5.86. The zero-order valence-corrected chi connectivity index (χ0v) is 9.89. The number of hydrogen-bond donors (Lipinski definition) is 1. The van der Waals surface area contributed by atoms with Gasteiger partial charge in [-0.1, -0.05) is 6.92 Å². The molecule has 0 amide bonds. The van der Waals surface area contributed by atoms with Crippen LogP contribution in [0.5, 0.6) is 0 Å². The Bertz CT molecular complexity index is 338. The van der Waals surface area contributed by atoms with Crippen LogP contribution in [0.15, 0.2) is 0 Å². The van der Waals surface area contributed by atoms with E-state index in [9.17, 15) is 13.2 Å². The van der Waals surface area contributed by atoms with E-state index in [-0.39, 0.29) is 18.1 Å². The van der Waals surface area contributed by atoms with Crippen molar-refractivity contribution in [1.82, 2.24) is 5.32 Å². The van der Waals surface area contributed by atoms with Crippen LogP contribution in [0, 0.1) is 0 Å². The smallest absolute Gasteiger partial charge is 0.327 e. The van der Waals surface area contributed by atoms with Crippen LogP contribution in [0.25, 0.3) is 0 Å². The molecule has 0 bridgehead atoms. The lowest BCUT2D eigenvalue weighted by Crippen LogP contribution is -2.54. The minimum atomic E-state index is -3.10. The molecule has 1 unspecified atom stereocenters. The summed E-state index contributed by atoms with van der Waals surface area (Å²) in [6.07, 6.45) is 0.308. The summed E-state index contributed by atoms with van der Waals surface area (Å²) >= 11 is 0. The molecular weight excluding hydrogens is 218 g/mol. The summed E-state index contributed by atoms with van der Waals surface area (Å²) in [5.41, 5.74) is -1.01. The van der Waals surface area contributed by atoms with Crippen molar-refractivity contribution in [3.63, 3.8) is 0 Å². The lowest BCUT2D eigenvalue weighted by atomic mass is 9.99. The number of ether oxygens (including phenoxy) is 1. The summed E-state index contributed by atoms with van der Waals surface area (Å²) in [4.78, 5) is 11.7. The van der Waals surface area contributed by atoms with Crippen molar-refractivity contribution in [2.45, 2.75) is 25.8 Å². The van der Waals surface area contributed by atoms with Gasteiger partial charge in [0, 0.05) is 0 Å². The van der Waals surface area contributed by atoms with Crippen molar-refractivity contribution in [3.8, 4) is 0 Å². The van der Waals surface area contributed by atoms with Gasteiger partial charge in [0.1, 0.15) is 5.54 Å². The third kappa shape index (κ3) is 2.69. The van der Waals surface area contributed by atoms with Gasteiger partial charge in [0.05, 0.1) is 18.1 Å². The summed E-state index contributed by atoms with van der Waals surface area (Å²) in [5, 5.41) is 2.94. The van der Waals surface area contributed by atoms with Gasteiger partial charge in [-0.05, 0) is 19.9 Å². The number of esters is 1. The summed E-state index contributed by atoms with van der Waals surface area (Å²) in [5.74, 6) is -0.543. The second-order valence-electron chi connectivity index (χ2n) is 3.67. The Kier molecular flexibility index (Phi) is 3.72. The Morgan fingerprint density at radius 3 is 2.53 bits per heavy atom. The van der Waals surface area contributed by atoms with Gasteiger partial charge in [0.15, 0.2) is 9.84 Å². The van der Waals surface area contributed by atoms with Gasteiger partial charge >= 0.3 is 5.97 Å². The fourth-order valence-corrected chi connectivity index (χ4v) is 3.75. The minimum Gasteiger partial charge on any atom is -0.465 e. The van der Waals surface area contributed by atoms with Gasteiger partial charge in [-0.15, -0.1) is 0 Å². The molecule has 1 fully saturated rings. The highest BCUT2D eigenvalue weighted by molar-refractivity contribution is 7.91. The highest BCUT2D eigenvalue weighted by atomic mass is 32.2. The van der Waals surface area contributed by atoms with Crippen molar-refractivity contribution >= 4 is 15.8 Å². The van der Waals surface area contributed by atoms with Gasteiger partial charge in [0.25, 0.3) is 0 Å². The van der Waals surface area contributed by atoms with Crippen LogP contribution in [0.3, 0.4) is 0 Å². The van der Waals surface area contributed by atoms with Crippen molar-refractivity contribution in [2.24, 2.45) is 0 Å². The maximum atomic E-state index is 11.7. The maximum Gasteiger partial charge on any atom is 0.327 e. The number of carbonyl (C=O) groups excluding carboxylic acids is 1. The summed E-state index contributed by atoms with van der Waals surface area (Å²) < 4.78 is 27.7. The van der Waals surface area contributed by atoms with Gasteiger partial charge in [-0.25, -0.2) is 8.42 Å². The SMILES string of the molecule is CCNC1(C(=O)OCC)CCS(=O)(=O)C1. The van der Waals surface area contributed by atoms with E-state index in [1.54, 1.807) is 6.92 Å². The molecule has 0 aromatic rings. The fraction of sp³-hybridized carbons (Fsp3) is 0.889. The molecule has 0 spiro atoms. The van der Waals surface area contributed by atoms with Crippen LogP contribution in [0.4, 0.5) is 0 Å². The predicted octanol–water partition coefficient (Wildman–Crippen LogP) is -0.284. The lowest BCUT2D eigenvalue weighted by Gasteiger charge is -2.25. The molecule has 1 atom stereocenters. The van der Waals surface area contributed by atoms with Gasteiger partial charge in [-0.3, -0.25) is 4.79 Å². The molecule has 6 heteroatoms. The molecule has 1 N–H and O–H groups in total. The summed E-state index contributed by atoms with van der Waals surface area (Å²) in [7, 11) is -3.10. The topological polar surface area (TPSA) is 72.5 Å². The van der Waals surface area contributed by atoms with E-state index >= 15 is 0 Å². The Labute approximate surface area is 90.1 Å². The molecule has 1 heterocycles. The molecule has 1 aliphatic heterocycles. The molecule has 5 nitrogen and oxygen atoms in total. The van der Waals surface area contributed by atoms with Crippen LogP contribution < -0.4 is 5.32 Å². The number of nitrogens with one attached hydrogen (secondary N) is 1. The standard InChI is InChI=1S/C9H17NO4S/c1-3-10-9(8(11)14-4-2)5-6-15(12,13)7-9/h10H,3-7H2,1-2H3. The Morgan fingerprint density at radius 1 is 1.47 bits per heavy atom. The average molecular weight is 235 g/mol. The maximum absolute atomic E-state index is 11.7. The minimum absolute atomic E-state index is 0.0544. The Morgan fingerprint density at radius 2 is 2.13 bits per heavy atom. The Hall–Kier alpha value is -0.620. The van der Waals surface area contributed by atoms with E-state index in [1.165, 1.54) is 0 Å². The third-order valence-corrected chi connectivity index (χ3v) is 4.25. The molecule has 0 aromatic carbocycles. The fourth-order valence-electron chi connectivity index (χ4n) is 1.83. The third-order valence-electron chi connectivity index (χ3n) is 2.49. The number of carbonyl (C=O) groups is 1. The first-order valence-corrected chi connectivity index (χ1v) is 6.90. The molecule has 0 radical (unpaired) electrons. The quantitative estimate of drug-likeness (QED) is 0.678. The number of rotatable bonds is 4. The largest absolute Gasteiger partial charge is 0.465 e. The van der Waals surface area contributed by atoms with Gasteiger partial charge in [-0.2, -0.15) is 0 Å².